The van der Waals surface area contributed by atoms with E-state index in [2.05, 4.69) is 9.80 Å². The molecule has 2 unspecified atom stereocenters. The van der Waals surface area contributed by atoms with E-state index in [1.807, 2.05) is 27.8 Å². The van der Waals surface area contributed by atoms with Gasteiger partial charge in [-0.2, -0.15) is 4.79 Å². The van der Waals surface area contributed by atoms with Crippen molar-refractivity contribution in [1.82, 2.24) is 14.7 Å². The van der Waals surface area contributed by atoms with Gasteiger partial charge in [0.25, 0.3) is 0 Å². The molecule has 3 rings (SSSR count). The third-order valence-electron chi connectivity index (χ3n) is 6.57. The summed E-state index contributed by atoms with van der Waals surface area (Å²) < 4.78 is 11.5. The minimum absolute atomic E-state index is 0.119. The first-order valence-electron chi connectivity index (χ1n) is 11.2. The molecule has 3 heterocycles. The Balaban J connectivity index is 1.49. The number of carbonyl (C=O) groups is 3. The number of ether oxygens (including phenoxy) is 2. The number of carboxylic acids is 1. The fourth-order valence-electron chi connectivity index (χ4n) is 4.63. The van der Waals surface area contributed by atoms with Crippen molar-refractivity contribution >= 4 is 18.2 Å². The number of likely N-dealkylation sites (tertiary alicyclic amines) is 1. The van der Waals surface area contributed by atoms with E-state index in [0.717, 1.165) is 39.0 Å². The zero-order valence-electron chi connectivity index (χ0n) is 19.2. The van der Waals surface area contributed by atoms with Crippen LogP contribution in [0, 0.1) is 0 Å². The van der Waals surface area contributed by atoms with Crippen LogP contribution in [-0.2, 0) is 14.3 Å². The van der Waals surface area contributed by atoms with Crippen LogP contribution in [0.5, 0.6) is 0 Å². The van der Waals surface area contributed by atoms with Gasteiger partial charge in [-0.25, -0.2) is 9.28 Å². The molecule has 176 valence electrons. The summed E-state index contributed by atoms with van der Waals surface area (Å²) in [4.78, 5) is 42.0. The van der Waals surface area contributed by atoms with Crippen molar-refractivity contribution in [2.45, 2.75) is 57.9 Å². The zero-order chi connectivity index (χ0) is 22.8. The first-order chi connectivity index (χ1) is 14.5. The number of piperidine rings is 1. The van der Waals surface area contributed by atoms with Gasteiger partial charge in [-0.1, -0.05) is 0 Å². The fourth-order valence-corrected chi connectivity index (χ4v) is 4.63. The van der Waals surface area contributed by atoms with Gasteiger partial charge in [0.1, 0.15) is 18.2 Å². The summed E-state index contributed by atoms with van der Waals surface area (Å²) in [5, 5.41) is 8.85. The highest BCUT2D eigenvalue weighted by Gasteiger charge is 2.53. The number of hydrogen-bond donors (Lipinski definition) is 1. The average Bonchev–Trinajstić information content (AvgIpc) is 3.01. The van der Waals surface area contributed by atoms with Crippen molar-refractivity contribution in [2.24, 2.45) is 0 Å². The van der Waals surface area contributed by atoms with Gasteiger partial charge in [0.05, 0.1) is 13.5 Å². The van der Waals surface area contributed by atoms with Crippen LogP contribution >= 0.6 is 0 Å². The first kappa shape index (κ1) is 23.7. The lowest BCUT2D eigenvalue weighted by atomic mass is 10.0. The summed E-state index contributed by atoms with van der Waals surface area (Å²) in [7, 11) is 1.94. The number of hydrogen-bond acceptors (Lipinski definition) is 7. The Morgan fingerprint density at radius 1 is 1.13 bits per heavy atom. The quantitative estimate of drug-likeness (QED) is 0.639. The molecule has 0 bridgehead atoms. The molecule has 0 spiro atoms. The van der Waals surface area contributed by atoms with Crippen LogP contribution in [0.15, 0.2) is 0 Å². The molecule has 0 aliphatic carbocycles. The lowest BCUT2D eigenvalue weighted by Gasteiger charge is -2.40. The highest BCUT2D eigenvalue weighted by Crippen LogP contribution is 2.31. The normalized spacial score (nSPS) is 29.1. The van der Waals surface area contributed by atoms with Crippen LogP contribution in [0.25, 0.3) is 0 Å². The van der Waals surface area contributed by atoms with Gasteiger partial charge in [-0.15, -0.1) is 0 Å². The topological polar surface area (TPSA) is 99.6 Å². The SMILES string of the molecule is CC(C)(C)OC(=O)N1CCC([N+]2(C)CC(N3CCN(CCC(=O)O)CC3)OC2=O)CC1. The number of likely N-dealkylation sites (N-methyl/N-ethyl adjacent to an activating group) is 1. The Morgan fingerprint density at radius 3 is 2.29 bits per heavy atom. The standard InChI is InChI=1S/C21H36N4O6/c1-21(2,3)31-19(28)24-9-5-16(6-10-24)25(4)15-17(30-20(25)29)23-13-11-22(12-14-23)8-7-18(26)27/h16-17H,5-15H2,1-4H3/p+1. The minimum Gasteiger partial charge on any atom is -0.481 e. The van der Waals surface area contributed by atoms with Gasteiger partial charge in [0.15, 0.2) is 0 Å². The molecule has 0 aromatic carbocycles. The number of quaternary nitrogens is 1. The van der Waals surface area contributed by atoms with E-state index < -0.39 is 11.6 Å². The van der Waals surface area contributed by atoms with Gasteiger partial charge in [0.2, 0.25) is 6.23 Å². The molecule has 0 saturated carbocycles. The molecule has 3 fully saturated rings. The van der Waals surface area contributed by atoms with Crippen molar-refractivity contribution in [3.05, 3.63) is 0 Å². The molecule has 10 heteroatoms. The molecule has 0 aromatic rings. The van der Waals surface area contributed by atoms with E-state index in [9.17, 15) is 14.4 Å². The van der Waals surface area contributed by atoms with Crippen LogP contribution in [0.3, 0.4) is 0 Å². The molecule has 3 saturated heterocycles. The summed E-state index contributed by atoms with van der Waals surface area (Å²) in [6.45, 7) is 11.0. The van der Waals surface area contributed by atoms with Crippen LogP contribution < -0.4 is 0 Å². The maximum Gasteiger partial charge on any atom is 0.517 e. The smallest absolute Gasteiger partial charge is 0.481 e. The van der Waals surface area contributed by atoms with Crippen LogP contribution in [0.2, 0.25) is 0 Å². The van der Waals surface area contributed by atoms with E-state index >= 15 is 0 Å². The van der Waals surface area contributed by atoms with E-state index in [4.69, 9.17) is 14.6 Å². The number of carboxylic acid groups (broad SMARTS) is 1. The van der Waals surface area contributed by atoms with Gasteiger partial charge in [-0.3, -0.25) is 9.69 Å². The average molecular weight is 442 g/mol. The van der Waals surface area contributed by atoms with E-state index in [1.54, 1.807) is 4.90 Å². The van der Waals surface area contributed by atoms with Gasteiger partial charge >= 0.3 is 18.2 Å². The Morgan fingerprint density at radius 2 is 1.74 bits per heavy atom. The zero-order valence-corrected chi connectivity index (χ0v) is 19.2. The Kier molecular flexibility index (Phi) is 7.12. The molecule has 1 N–H and O–H groups in total. The Labute approximate surface area is 184 Å². The van der Waals surface area contributed by atoms with Gasteiger partial charge in [-0.05, 0) is 20.8 Å². The summed E-state index contributed by atoms with van der Waals surface area (Å²) in [6.07, 6.45) is 0.879. The number of rotatable bonds is 5. The van der Waals surface area contributed by atoms with Crippen molar-refractivity contribution in [1.29, 1.82) is 0 Å². The van der Waals surface area contributed by atoms with Crippen molar-refractivity contribution in [3.63, 3.8) is 0 Å². The molecule has 10 nitrogen and oxygen atoms in total. The van der Waals surface area contributed by atoms with E-state index in [-0.39, 0.29) is 35.4 Å². The van der Waals surface area contributed by atoms with E-state index in [1.165, 1.54) is 0 Å². The molecule has 0 radical (unpaired) electrons. The van der Waals surface area contributed by atoms with Crippen LogP contribution in [-0.4, -0.2) is 120 Å². The Hall–Kier alpha value is -1.91. The minimum atomic E-state index is -0.780. The predicted octanol–water partition coefficient (Wildman–Crippen LogP) is 1.40. The largest absolute Gasteiger partial charge is 0.517 e. The number of nitrogens with zero attached hydrogens (tertiary/aromatic N) is 4. The summed E-state index contributed by atoms with van der Waals surface area (Å²) in [5.41, 5.74) is -0.518. The summed E-state index contributed by atoms with van der Waals surface area (Å²) in [5.74, 6) is -0.780. The second-order valence-corrected chi connectivity index (χ2v) is 10.0. The van der Waals surface area contributed by atoms with Gasteiger partial charge in [0, 0.05) is 58.7 Å². The molecular weight excluding hydrogens is 404 g/mol. The van der Waals surface area contributed by atoms with E-state index in [0.29, 0.717) is 26.2 Å². The van der Waals surface area contributed by atoms with Crippen molar-refractivity contribution in [2.75, 3.05) is 59.4 Å². The molecule has 2 amide bonds. The molecule has 0 aromatic heterocycles. The highest BCUT2D eigenvalue weighted by atomic mass is 16.6. The maximum atomic E-state index is 12.8. The number of cyclic esters (lactones) is 1. The monoisotopic (exact) mass is 441 g/mol. The predicted molar refractivity (Wildman–Crippen MR) is 112 cm³/mol. The Bertz CT molecular complexity index is 680. The lowest BCUT2D eigenvalue weighted by Crippen LogP contribution is -2.59. The summed E-state index contributed by atoms with van der Waals surface area (Å²) >= 11 is 0. The first-order valence-corrected chi connectivity index (χ1v) is 11.2. The number of piperazine rings is 1. The highest BCUT2D eigenvalue weighted by molar-refractivity contribution is 5.68. The van der Waals surface area contributed by atoms with Gasteiger partial charge < -0.3 is 24.4 Å². The summed E-state index contributed by atoms with van der Waals surface area (Å²) in [6, 6.07) is 0.119. The molecule has 31 heavy (non-hydrogen) atoms. The second kappa shape index (κ2) is 9.30. The number of amides is 2. The molecular formula is C21H37N4O6+. The number of aliphatic carboxylic acids is 1. The molecule has 2 atom stereocenters. The van der Waals surface area contributed by atoms with Crippen LogP contribution in [0.1, 0.15) is 40.0 Å². The van der Waals surface area contributed by atoms with Crippen molar-refractivity contribution in [3.8, 4) is 0 Å². The van der Waals surface area contributed by atoms with Crippen LogP contribution in [0.4, 0.5) is 9.59 Å². The third-order valence-corrected chi connectivity index (χ3v) is 6.57. The lowest BCUT2D eigenvalue weighted by molar-refractivity contribution is -0.852. The molecule has 3 aliphatic rings. The molecule has 3 aliphatic heterocycles. The third kappa shape index (κ3) is 5.87. The second-order valence-electron chi connectivity index (χ2n) is 10.0. The van der Waals surface area contributed by atoms with Crippen molar-refractivity contribution < 1.29 is 33.4 Å². The number of carbonyl (C=O) groups excluding carboxylic acids is 2. The maximum absolute atomic E-state index is 12.8. The fraction of sp³-hybridized carbons (Fsp3) is 0.857.